The van der Waals surface area contributed by atoms with E-state index in [0.717, 1.165) is 5.75 Å². The topological polar surface area (TPSA) is 95.1 Å². The molecule has 0 aliphatic carbocycles. The number of rotatable bonds is 5. The van der Waals surface area contributed by atoms with Crippen LogP contribution in [0.4, 0.5) is 11.5 Å². The number of hydrogen-bond acceptors (Lipinski definition) is 5. The minimum Gasteiger partial charge on any atom is -0.494 e. The zero-order valence-electron chi connectivity index (χ0n) is 13.4. The Hall–Kier alpha value is -3.06. The van der Waals surface area contributed by atoms with Crippen molar-refractivity contribution in [2.24, 2.45) is 0 Å². The Balaban J connectivity index is 1.80. The number of carbonyl (C=O) groups is 1. The molecule has 0 radical (unpaired) electrons. The normalized spacial score (nSPS) is 10.5. The van der Waals surface area contributed by atoms with Crippen LogP contribution in [-0.2, 0) is 0 Å². The summed E-state index contributed by atoms with van der Waals surface area (Å²) in [5.41, 5.74) is 7.35. The van der Waals surface area contributed by atoms with Crippen molar-refractivity contribution in [1.82, 2.24) is 15.0 Å². The molecule has 0 saturated carbocycles. The number of nitrogen functional groups attached to an aromatic ring is 1. The third-order valence-electron chi connectivity index (χ3n) is 3.41. The maximum absolute atomic E-state index is 12.3. The monoisotopic (exact) mass is 357 g/mol. The van der Waals surface area contributed by atoms with Gasteiger partial charge in [-0.3, -0.25) is 4.79 Å². The second-order valence-electron chi connectivity index (χ2n) is 5.12. The molecule has 0 aliphatic heterocycles. The van der Waals surface area contributed by atoms with E-state index in [-0.39, 0.29) is 11.5 Å². The van der Waals surface area contributed by atoms with Crippen molar-refractivity contribution < 1.29 is 9.53 Å². The van der Waals surface area contributed by atoms with Crippen LogP contribution in [0.25, 0.3) is 5.69 Å². The van der Waals surface area contributed by atoms with Crippen LogP contribution in [-0.4, -0.2) is 27.5 Å². The van der Waals surface area contributed by atoms with E-state index in [1.54, 1.807) is 48.5 Å². The van der Waals surface area contributed by atoms with Crippen LogP contribution >= 0.6 is 11.6 Å². The first-order valence-electron chi connectivity index (χ1n) is 7.60. The van der Waals surface area contributed by atoms with Crippen LogP contribution in [0.15, 0.2) is 48.5 Å². The highest BCUT2D eigenvalue weighted by atomic mass is 35.5. The van der Waals surface area contributed by atoms with Crippen LogP contribution in [0.1, 0.15) is 17.4 Å². The molecule has 3 rings (SSSR count). The lowest BCUT2D eigenvalue weighted by Gasteiger charge is -2.06. The highest BCUT2D eigenvalue weighted by molar-refractivity contribution is 6.30. The maximum atomic E-state index is 12.3. The van der Waals surface area contributed by atoms with Gasteiger partial charge < -0.3 is 15.8 Å². The average molecular weight is 358 g/mol. The first kappa shape index (κ1) is 16.8. The summed E-state index contributed by atoms with van der Waals surface area (Å²) in [7, 11) is 0. The Labute approximate surface area is 149 Å². The fraction of sp³-hybridized carbons (Fsp3) is 0.118. The Kier molecular flexibility index (Phi) is 4.85. The van der Waals surface area contributed by atoms with Crippen molar-refractivity contribution in [3.05, 3.63) is 59.2 Å². The highest BCUT2D eigenvalue weighted by Gasteiger charge is 2.18. The molecule has 0 spiro atoms. The number of carbonyl (C=O) groups excluding carboxylic acids is 1. The first-order valence-corrected chi connectivity index (χ1v) is 7.97. The van der Waals surface area contributed by atoms with Crippen molar-refractivity contribution in [3.63, 3.8) is 0 Å². The largest absolute Gasteiger partial charge is 0.494 e. The molecule has 8 heteroatoms. The summed E-state index contributed by atoms with van der Waals surface area (Å²) < 4.78 is 6.79. The SMILES string of the molecule is CCOc1ccc(-n2nnc(C(=O)Nc3ccc(Cl)cc3)c2N)cc1. The number of nitrogens with two attached hydrogens (primary N) is 1. The molecule has 1 amide bonds. The van der Waals surface area contributed by atoms with Crippen LogP contribution < -0.4 is 15.8 Å². The maximum Gasteiger partial charge on any atom is 0.280 e. The number of aromatic nitrogens is 3. The van der Waals surface area contributed by atoms with E-state index in [2.05, 4.69) is 15.6 Å². The minimum atomic E-state index is -0.447. The van der Waals surface area contributed by atoms with Crippen molar-refractivity contribution in [3.8, 4) is 11.4 Å². The fourth-order valence-electron chi connectivity index (χ4n) is 2.22. The van der Waals surface area contributed by atoms with E-state index in [4.69, 9.17) is 22.1 Å². The van der Waals surface area contributed by atoms with E-state index in [1.165, 1.54) is 4.68 Å². The molecular weight excluding hydrogens is 342 g/mol. The molecular formula is C17H16ClN5O2. The molecule has 1 aromatic heterocycles. The average Bonchev–Trinajstić information content (AvgIpc) is 2.99. The van der Waals surface area contributed by atoms with E-state index in [9.17, 15) is 4.79 Å². The Morgan fingerprint density at radius 1 is 1.20 bits per heavy atom. The lowest BCUT2D eigenvalue weighted by Crippen LogP contribution is -2.15. The second-order valence-corrected chi connectivity index (χ2v) is 5.56. The second kappa shape index (κ2) is 7.23. The van der Waals surface area contributed by atoms with Crippen LogP contribution in [0.5, 0.6) is 5.75 Å². The van der Waals surface area contributed by atoms with Gasteiger partial charge in [-0.15, -0.1) is 5.10 Å². The van der Waals surface area contributed by atoms with Gasteiger partial charge in [0.1, 0.15) is 5.75 Å². The molecule has 7 nitrogen and oxygen atoms in total. The van der Waals surface area contributed by atoms with Crippen molar-refractivity contribution in [1.29, 1.82) is 0 Å². The molecule has 0 unspecified atom stereocenters. The molecule has 25 heavy (non-hydrogen) atoms. The predicted molar refractivity (Wildman–Crippen MR) is 96.3 cm³/mol. The van der Waals surface area contributed by atoms with Crippen molar-refractivity contribution in [2.75, 3.05) is 17.7 Å². The lowest BCUT2D eigenvalue weighted by molar-refractivity contribution is 0.102. The van der Waals surface area contributed by atoms with Gasteiger partial charge >= 0.3 is 0 Å². The highest BCUT2D eigenvalue weighted by Crippen LogP contribution is 2.20. The van der Waals surface area contributed by atoms with Gasteiger partial charge in [-0.05, 0) is 55.5 Å². The van der Waals surface area contributed by atoms with Gasteiger partial charge in [-0.1, -0.05) is 16.8 Å². The van der Waals surface area contributed by atoms with Crippen LogP contribution in [0, 0.1) is 0 Å². The van der Waals surface area contributed by atoms with E-state index in [1.807, 2.05) is 6.92 Å². The molecule has 2 aromatic carbocycles. The number of benzene rings is 2. The molecule has 3 aromatic rings. The quantitative estimate of drug-likeness (QED) is 0.731. The van der Waals surface area contributed by atoms with E-state index < -0.39 is 5.91 Å². The third kappa shape index (κ3) is 3.72. The molecule has 0 bridgehead atoms. The zero-order valence-corrected chi connectivity index (χ0v) is 14.2. The summed E-state index contributed by atoms with van der Waals surface area (Å²) in [6.45, 7) is 2.49. The summed E-state index contributed by atoms with van der Waals surface area (Å²) in [4.78, 5) is 12.3. The van der Waals surface area contributed by atoms with E-state index >= 15 is 0 Å². The first-order chi connectivity index (χ1) is 12.1. The summed E-state index contributed by atoms with van der Waals surface area (Å²) in [5.74, 6) is 0.443. The van der Waals surface area contributed by atoms with Gasteiger partial charge in [0, 0.05) is 10.7 Å². The molecule has 128 valence electrons. The summed E-state index contributed by atoms with van der Waals surface area (Å²) in [6.07, 6.45) is 0. The van der Waals surface area contributed by atoms with Gasteiger partial charge in [0.15, 0.2) is 11.5 Å². The summed E-state index contributed by atoms with van der Waals surface area (Å²) >= 11 is 5.83. The van der Waals surface area contributed by atoms with Gasteiger partial charge in [-0.2, -0.15) is 4.68 Å². The van der Waals surface area contributed by atoms with Crippen molar-refractivity contribution in [2.45, 2.75) is 6.92 Å². The molecule has 0 aliphatic rings. The number of amides is 1. The number of nitrogens with one attached hydrogen (secondary N) is 1. The lowest BCUT2D eigenvalue weighted by atomic mass is 10.3. The minimum absolute atomic E-state index is 0.0452. The van der Waals surface area contributed by atoms with Gasteiger partial charge in [0.05, 0.1) is 12.3 Å². The Morgan fingerprint density at radius 3 is 2.52 bits per heavy atom. The standard InChI is InChI=1S/C17H16ClN5O2/c1-2-25-14-9-7-13(8-10-14)23-16(19)15(21-22-23)17(24)20-12-5-3-11(18)4-6-12/h3-10H,2,19H2,1H3,(H,20,24). The number of halogens is 1. The molecule has 0 fully saturated rings. The summed E-state index contributed by atoms with van der Waals surface area (Å²) in [6, 6.07) is 13.9. The Bertz CT molecular complexity index is 875. The van der Waals surface area contributed by atoms with Gasteiger partial charge in [0.2, 0.25) is 0 Å². The molecule has 0 atom stereocenters. The molecule has 1 heterocycles. The number of anilines is 2. The van der Waals surface area contributed by atoms with E-state index in [0.29, 0.717) is 23.0 Å². The smallest absolute Gasteiger partial charge is 0.280 e. The van der Waals surface area contributed by atoms with Gasteiger partial charge in [-0.25, -0.2) is 0 Å². The summed E-state index contributed by atoms with van der Waals surface area (Å²) in [5, 5.41) is 11.1. The molecule has 3 N–H and O–H groups in total. The van der Waals surface area contributed by atoms with Crippen LogP contribution in [0.2, 0.25) is 5.02 Å². The van der Waals surface area contributed by atoms with Crippen molar-refractivity contribution >= 4 is 29.0 Å². The third-order valence-corrected chi connectivity index (χ3v) is 3.67. The van der Waals surface area contributed by atoms with Crippen LogP contribution in [0.3, 0.4) is 0 Å². The Morgan fingerprint density at radius 2 is 1.88 bits per heavy atom. The zero-order chi connectivity index (χ0) is 17.8. The number of ether oxygens (including phenoxy) is 1. The predicted octanol–water partition coefficient (Wildman–Crippen LogP) is 3.15. The number of hydrogen-bond donors (Lipinski definition) is 2. The molecule has 0 saturated heterocycles. The van der Waals surface area contributed by atoms with Gasteiger partial charge in [0.25, 0.3) is 5.91 Å². The fourth-order valence-corrected chi connectivity index (χ4v) is 2.34. The number of nitrogens with zero attached hydrogens (tertiary/aromatic N) is 3.